The van der Waals surface area contributed by atoms with Gasteiger partial charge in [0.2, 0.25) is 0 Å². The van der Waals surface area contributed by atoms with Gasteiger partial charge in [0.05, 0.1) is 0 Å². The first-order chi connectivity index (χ1) is 5.83. The van der Waals surface area contributed by atoms with E-state index in [1.165, 1.54) is 19.6 Å². The molecule has 1 rings (SSSR count). The number of ether oxygens (including phenoxy) is 1. The molecular weight excluding hydrogens is 152 g/mol. The van der Waals surface area contributed by atoms with E-state index in [1.807, 2.05) is 0 Å². The molecule has 0 aromatic heterocycles. The topological polar surface area (TPSA) is 24.5 Å². The van der Waals surface area contributed by atoms with Crippen molar-refractivity contribution in [1.29, 1.82) is 0 Å². The number of rotatable bonds is 4. The molecule has 3 nitrogen and oxygen atoms in total. The van der Waals surface area contributed by atoms with Gasteiger partial charge in [-0.05, 0) is 13.3 Å². The molecule has 0 aromatic carbocycles. The van der Waals surface area contributed by atoms with Crippen LogP contribution in [0.4, 0.5) is 0 Å². The highest BCUT2D eigenvalue weighted by Crippen LogP contribution is 1.99. The van der Waals surface area contributed by atoms with E-state index in [0.717, 1.165) is 19.6 Å². The summed E-state index contributed by atoms with van der Waals surface area (Å²) in [5.41, 5.74) is 0. The molecule has 1 saturated heterocycles. The Balaban J connectivity index is 2.06. The van der Waals surface area contributed by atoms with E-state index in [1.54, 1.807) is 7.11 Å². The molecule has 0 saturated carbocycles. The lowest BCUT2D eigenvalue weighted by Gasteiger charge is -2.31. The van der Waals surface area contributed by atoms with Gasteiger partial charge < -0.3 is 15.0 Å². The minimum Gasteiger partial charge on any atom is -0.385 e. The molecule has 0 bridgehead atoms. The Kier molecular flexibility index (Phi) is 4.58. The Labute approximate surface area is 75.1 Å². The first-order valence-electron chi connectivity index (χ1n) is 4.77. The third kappa shape index (κ3) is 3.52. The van der Waals surface area contributed by atoms with Gasteiger partial charge in [0.25, 0.3) is 0 Å². The molecule has 1 atom stereocenters. The van der Waals surface area contributed by atoms with E-state index in [2.05, 4.69) is 17.1 Å². The Morgan fingerprint density at radius 2 is 2.42 bits per heavy atom. The summed E-state index contributed by atoms with van der Waals surface area (Å²) in [5.74, 6) is 0. The van der Waals surface area contributed by atoms with E-state index in [4.69, 9.17) is 4.74 Å². The van der Waals surface area contributed by atoms with Crippen LogP contribution in [0.1, 0.15) is 13.3 Å². The molecule has 12 heavy (non-hydrogen) atoms. The third-order valence-electron chi connectivity index (χ3n) is 2.28. The second kappa shape index (κ2) is 5.51. The summed E-state index contributed by atoms with van der Waals surface area (Å²) < 4.78 is 5.02. The highest BCUT2D eigenvalue weighted by molar-refractivity contribution is 4.74. The SMILES string of the molecule is COCCCN1CCN[C@H](C)C1. The maximum Gasteiger partial charge on any atom is 0.0474 e. The Hall–Kier alpha value is -0.120. The van der Waals surface area contributed by atoms with Crippen molar-refractivity contribution >= 4 is 0 Å². The van der Waals surface area contributed by atoms with Crippen LogP contribution in [-0.4, -0.2) is 50.8 Å². The lowest BCUT2D eigenvalue weighted by atomic mass is 10.2. The van der Waals surface area contributed by atoms with E-state index < -0.39 is 0 Å². The van der Waals surface area contributed by atoms with Crippen molar-refractivity contribution in [2.24, 2.45) is 0 Å². The van der Waals surface area contributed by atoms with Gasteiger partial charge in [0.15, 0.2) is 0 Å². The van der Waals surface area contributed by atoms with Crippen molar-refractivity contribution in [3.63, 3.8) is 0 Å². The molecule has 0 unspecified atom stereocenters. The van der Waals surface area contributed by atoms with Crippen LogP contribution < -0.4 is 5.32 Å². The predicted molar refractivity (Wildman–Crippen MR) is 50.4 cm³/mol. The van der Waals surface area contributed by atoms with Crippen LogP contribution >= 0.6 is 0 Å². The number of hydrogen-bond donors (Lipinski definition) is 1. The summed E-state index contributed by atoms with van der Waals surface area (Å²) in [5, 5.41) is 3.43. The standard InChI is InChI=1S/C9H20N2O/c1-9-8-11(6-4-10-9)5-3-7-12-2/h9-10H,3-8H2,1-2H3/t9-/m1/s1. The molecule has 0 amide bonds. The summed E-state index contributed by atoms with van der Waals surface area (Å²) in [7, 11) is 1.76. The fraction of sp³-hybridized carbons (Fsp3) is 1.00. The monoisotopic (exact) mass is 172 g/mol. The first-order valence-corrected chi connectivity index (χ1v) is 4.77. The third-order valence-corrected chi connectivity index (χ3v) is 2.28. The zero-order chi connectivity index (χ0) is 8.81. The molecule has 72 valence electrons. The van der Waals surface area contributed by atoms with Gasteiger partial charge in [-0.2, -0.15) is 0 Å². The number of piperazine rings is 1. The smallest absolute Gasteiger partial charge is 0.0474 e. The number of methoxy groups -OCH3 is 1. The quantitative estimate of drug-likeness (QED) is 0.618. The maximum absolute atomic E-state index is 5.02. The van der Waals surface area contributed by atoms with Crippen LogP contribution in [-0.2, 0) is 4.74 Å². The average molecular weight is 172 g/mol. The van der Waals surface area contributed by atoms with Crippen LogP contribution in [0.15, 0.2) is 0 Å². The highest BCUT2D eigenvalue weighted by atomic mass is 16.5. The fourth-order valence-corrected chi connectivity index (χ4v) is 1.65. The first kappa shape index (κ1) is 9.96. The number of nitrogens with zero attached hydrogens (tertiary/aromatic N) is 1. The summed E-state index contributed by atoms with van der Waals surface area (Å²) in [4.78, 5) is 2.50. The van der Waals surface area contributed by atoms with Crippen molar-refractivity contribution in [2.45, 2.75) is 19.4 Å². The second-order valence-corrected chi connectivity index (χ2v) is 3.50. The van der Waals surface area contributed by atoms with E-state index in [0.29, 0.717) is 6.04 Å². The molecule has 1 aliphatic rings. The number of hydrogen-bond acceptors (Lipinski definition) is 3. The van der Waals surface area contributed by atoms with Gasteiger partial charge in [-0.25, -0.2) is 0 Å². The van der Waals surface area contributed by atoms with Crippen molar-refractivity contribution in [3.05, 3.63) is 0 Å². The molecule has 3 heteroatoms. The average Bonchev–Trinajstić information content (AvgIpc) is 2.05. The van der Waals surface area contributed by atoms with Crippen LogP contribution in [0.5, 0.6) is 0 Å². The van der Waals surface area contributed by atoms with Crippen molar-refractivity contribution in [2.75, 3.05) is 39.9 Å². The molecule has 1 fully saturated rings. The van der Waals surface area contributed by atoms with Gasteiger partial charge in [-0.15, -0.1) is 0 Å². The minimum absolute atomic E-state index is 0.654. The summed E-state index contributed by atoms with van der Waals surface area (Å²) >= 11 is 0. The molecule has 0 aliphatic carbocycles. The van der Waals surface area contributed by atoms with E-state index in [9.17, 15) is 0 Å². The van der Waals surface area contributed by atoms with Gasteiger partial charge >= 0.3 is 0 Å². The van der Waals surface area contributed by atoms with Crippen molar-refractivity contribution in [1.82, 2.24) is 10.2 Å². The predicted octanol–water partition coefficient (Wildman–Crippen LogP) is 0.317. The number of nitrogens with one attached hydrogen (secondary N) is 1. The lowest BCUT2D eigenvalue weighted by Crippen LogP contribution is -2.49. The zero-order valence-electron chi connectivity index (χ0n) is 8.18. The maximum atomic E-state index is 5.02. The molecule has 1 N–H and O–H groups in total. The van der Waals surface area contributed by atoms with Gasteiger partial charge in [0, 0.05) is 45.9 Å². The Morgan fingerprint density at radius 1 is 1.58 bits per heavy atom. The Morgan fingerprint density at radius 3 is 3.08 bits per heavy atom. The largest absolute Gasteiger partial charge is 0.385 e. The van der Waals surface area contributed by atoms with Gasteiger partial charge in [-0.3, -0.25) is 0 Å². The molecule has 1 aliphatic heterocycles. The highest BCUT2D eigenvalue weighted by Gasteiger charge is 2.13. The molecule has 0 spiro atoms. The van der Waals surface area contributed by atoms with E-state index >= 15 is 0 Å². The molecule has 0 aromatic rings. The summed E-state index contributed by atoms with van der Waals surface area (Å²) in [6, 6.07) is 0.654. The molecular formula is C9H20N2O. The van der Waals surface area contributed by atoms with Crippen LogP contribution in [0.2, 0.25) is 0 Å². The molecule has 1 heterocycles. The Bertz CT molecular complexity index is 119. The summed E-state index contributed by atoms with van der Waals surface area (Å²) in [6.07, 6.45) is 1.16. The van der Waals surface area contributed by atoms with Crippen LogP contribution in [0.3, 0.4) is 0 Å². The molecule has 0 radical (unpaired) electrons. The fourth-order valence-electron chi connectivity index (χ4n) is 1.65. The zero-order valence-corrected chi connectivity index (χ0v) is 8.18. The van der Waals surface area contributed by atoms with Crippen molar-refractivity contribution < 1.29 is 4.74 Å². The van der Waals surface area contributed by atoms with Crippen LogP contribution in [0, 0.1) is 0 Å². The minimum atomic E-state index is 0.654. The van der Waals surface area contributed by atoms with Crippen molar-refractivity contribution in [3.8, 4) is 0 Å². The normalized spacial score (nSPS) is 26.0. The second-order valence-electron chi connectivity index (χ2n) is 3.50. The summed E-state index contributed by atoms with van der Waals surface area (Å²) in [6.45, 7) is 7.81. The van der Waals surface area contributed by atoms with E-state index in [-0.39, 0.29) is 0 Å². The van der Waals surface area contributed by atoms with Gasteiger partial charge in [0.1, 0.15) is 0 Å². The van der Waals surface area contributed by atoms with Gasteiger partial charge in [-0.1, -0.05) is 0 Å². The van der Waals surface area contributed by atoms with Crippen LogP contribution in [0.25, 0.3) is 0 Å². The lowest BCUT2D eigenvalue weighted by molar-refractivity contribution is 0.155.